The van der Waals surface area contributed by atoms with Gasteiger partial charge in [-0.05, 0) is 12.8 Å². The minimum absolute atomic E-state index is 0. The van der Waals surface area contributed by atoms with Gasteiger partial charge in [0.2, 0.25) is 0 Å². The fourth-order valence-corrected chi connectivity index (χ4v) is 4.36. The molecule has 0 saturated carbocycles. The predicted octanol–water partition coefficient (Wildman–Crippen LogP) is 4.49. The van der Waals surface area contributed by atoms with Gasteiger partial charge in [0.05, 0.1) is 26.7 Å². The molecule has 25 heavy (non-hydrogen) atoms. The van der Waals surface area contributed by atoms with Crippen LogP contribution >= 0.6 is 0 Å². The van der Waals surface area contributed by atoms with Crippen molar-refractivity contribution in [1.82, 2.24) is 0 Å². The van der Waals surface area contributed by atoms with E-state index in [2.05, 4.69) is 14.0 Å². The highest BCUT2D eigenvalue weighted by Gasteiger charge is 2.25. The monoisotopic (exact) mass is 465 g/mol. The third-order valence-corrected chi connectivity index (χ3v) is 6.20. The van der Waals surface area contributed by atoms with E-state index in [-0.39, 0.29) is 24.0 Å². The zero-order valence-corrected chi connectivity index (χ0v) is 19.8. The summed E-state index contributed by atoms with van der Waals surface area (Å²) in [6, 6.07) is 0. The van der Waals surface area contributed by atoms with Gasteiger partial charge in [0.25, 0.3) is 0 Å². The van der Waals surface area contributed by atoms with Crippen LogP contribution in [0.15, 0.2) is 0 Å². The molecule has 0 aromatic heterocycles. The van der Waals surface area contributed by atoms with E-state index < -0.39 is 0 Å². The number of hydrogen-bond donors (Lipinski definition) is 0. The topological polar surface area (TPSA) is 0 Å². The Kier molecular flexibility index (Phi) is 18.6. The standard InChI is InChI=1S/C23H48N.HI/c1-3-4-5-6-7-8-9-10-11-12-13-14-15-16-17-18-21-24(2)22-19-20-23-24;/h3-23H2,1-2H3;1H/q+1;/p-1. The average molecular weight is 466 g/mol. The fourth-order valence-electron chi connectivity index (χ4n) is 4.36. The number of likely N-dealkylation sites (tertiary alicyclic amines) is 1. The maximum Gasteiger partial charge on any atom is 0.0786 e. The Hall–Kier alpha value is 0.690. The van der Waals surface area contributed by atoms with E-state index in [1.165, 1.54) is 140 Å². The van der Waals surface area contributed by atoms with E-state index in [1.54, 1.807) is 0 Å². The van der Waals surface area contributed by atoms with Crippen molar-refractivity contribution in [1.29, 1.82) is 0 Å². The van der Waals surface area contributed by atoms with Crippen LogP contribution in [-0.4, -0.2) is 31.2 Å². The zero-order valence-electron chi connectivity index (χ0n) is 17.7. The Labute approximate surface area is 177 Å². The van der Waals surface area contributed by atoms with Crippen LogP contribution in [0.25, 0.3) is 0 Å². The molecule has 0 aromatic carbocycles. The number of rotatable bonds is 17. The molecule has 1 aliphatic heterocycles. The Morgan fingerprint density at radius 2 is 0.840 bits per heavy atom. The molecule has 0 radical (unpaired) electrons. The lowest BCUT2D eigenvalue weighted by Gasteiger charge is -2.29. The third-order valence-electron chi connectivity index (χ3n) is 6.20. The molecule has 0 aromatic rings. The Morgan fingerprint density at radius 1 is 0.520 bits per heavy atom. The summed E-state index contributed by atoms with van der Waals surface area (Å²) in [5, 5.41) is 0. The molecule has 0 amide bonds. The molecular formula is C23H48IN. The second-order valence-electron chi connectivity index (χ2n) is 8.80. The van der Waals surface area contributed by atoms with E-state index in [0.717, 1.165) is 0 Å². The normalized spacial score (nSPS) is 16.1. The number of halogens is 1. The van der Waals surface area contributed by atoms with Crippen molar-refractivity contribution in [3.8, 4) is 0 Å². The summed E-state index contributed by atoms with van der Waals surface area (Å²) in [6.45, 7) is 6.63. The largest absolute Gasteiger partial charge is 1.00 e. The minimum atomic E-state index is 0. The summed E-state index contributed by atoms with van der Waals surface area (Å²) in [5.74, 6) is 0. The van der Waals surface area contributed by atoms with E-state index in [9.17, 15) is 0 Å². The van der Waals surface area contributed by atoms with Crippen LogP contribution in [0, 0.1) is 0 Å². The minimum Gasteiger partial charge on any atom is -1.00 e. The van der Waals surface area contributed by atoms with Gasteiger partial charge >= 0.3 is 0 Å². The lowest BCUT2D eigenvalue weighted by Crippen LogP contribution is -3.00. The molecule has 0 N–H and O–H groups in total. The molecule has 0 spiro atoms. The Morgan fingerprint density at radius 3 is 1.20 bits per heavy atom. The lowest BCUT2D eigenvalue weighted by molar-refractivity contribution is -0.897. The van der Waals surface area contributed by atoms with Gasteiger partial charge in [-0.25, -0.2) is 0 Å². The smallest absolute Gasteiger partial charge is 0.0786 e. The average Bonchev–Trinajstić information content (AvgIpc) is 3.01. The lowest BCUT2D eigenvalue weighted by atomic mass is 10.0. The predicted molar refractivity (Wildman–Crippen MR) is 110 cm³/mol. The molecule has 1 heterocycles. The molecule has 1 fully saturated rings. The second-order valence-corrected chi connectivity index (χ2v) is 8.80. The van der Waals surface area contributed by atoms with E-state index in [1.807, 2.05) is 0 Å². The molecular weight excluding hydrogens is 417 g/mol. The molecule has 0 atom stereocenters. The van der Waals surface area contributed by atoms with Gasteiger partial charge in [0, 0.05) is 12.8 Å². The summed E-state index contributed by atoms with van der Waals surface area (Å²) in [5.41, 5.74) is 0. The van der Waals surface area contributed by atoms with E-state index >= 15 is 0 Å². The summed E-state index contributed by atoms with van der Waals surface area (Å²) >= 11 is 0. The van der Waals surface area contributed by atoms with Crippen LogP contribution in [-0.2, 0) is 0 Å². The van der Waals surface area contributed by atoms with Crippen LogP contribution < -0.4 is 24.0 Å². The maximum absolute atomic E-state index is 2.47. The van der Waals surface area contributed by atoms with E-state index in [4.69, 9.17) is 0 Å². The van der Waals surface area contributed by atoms with Gasteiger partial charge in [-0.15, -0.1) is 0 Å². The fraction of sp³-hybridized carbons (Fsp3) is 1.00. The van der Waals surface area contributed by atoms with Gasteiger partial charge in [-0.1, -0.05) is 96.8 Å². The highest BCUT2D eigenvalue weighted by Crippen LogP contribution is 2.18. The van der Waals surface area contributed by atoms with Crippen molar-refractivity contribution < 1.29 is 28.5 Å². The Balaban J connectivity index is 0.00000576. The van der Waals surface area contributed by atoms with Crippen LogP contribution in [0.1, 0.15) is 122 Å². The summed E-state index contributed by atoms with van der Waals surface area (Å²) in [6.07, 6.45) is 26.5. The SMILES string of the molecule is CCCCCCCCCCCCCCCCCC[N+]1(C)CCCC1.[I-]. The first-order valence-corrected chi connectivity index (χ1v) is 11.6. The van der Waals surface area contributed by atoms with Gasteiger partial charge in [-0.3, -0.25) is 0 Å². The molecule has 0 aliphatic carbocycles. The van der Waals surface area contributed by atoms with Crippen LogP contribution in [0.4, 0.5) is 0 Å². The second kappa shape index (κ2) is 18.1. The van der Waals surface area contributed by atoms with Crippen molar-refractivity contribution >= 4 is 0 Å². The molecule has 0 bridgehead atoms. The molecule has 152 valence electrons. The number of hydrogen-bond acceptors (Lipinski definition) is 0. The quantitative estimate of drug-likeness (QED) is 0.169. The first-order chi connectivity index (χ1) is 11.8. The number of nitrogens with zero attached hydrogens (tertiary/aromatic N) is 1. The molecule has 1 aliphatic rings. The first-order valence-electron chi connectivity index (χ1n) is 11.6. The summed E-state index contributed by atoms with van der Waals surface area (Å²) in [4.78, 5) is 0. The molecule has 2 heteroatoms. The first kappa shape index (κ1) is 25.7. The Bertz CT molecular complexity index is 261. The molecule has 1 rings (SSSR count). The number of unbranched alkanes of at least 4 members (excludes halogenated alkanes) is 15. The number of quaternary nitrogens is 1. The molecule has 1 saturated heterocycles. The van der Waals surface area contributed by atoms with Crippen molar-refractivity contribution in [2.75, 3.05) is 26.7 Å². The van der Waals surface area contributed by atoms with Crippen LogP contribution in [0.2, 0.25) is 0 Å². The zero-order chi connectivity index (χ0) is 17.3. The maximum atomic E-state index is 2.47. The van der Waals surface area contributed by atoms with Crippen LogP contribution in [0.5, 0.6) is 0 Å². The summed E-state index contributed by atoms with van der Waals surface area (Å²) in [7, 11) is 2.47. The highest BCUT2D eigenvalue weighted by molar-refractivity contribution is 4.53. The van der Waals surface area contributed by atoms with Gasteiger partial charge in [0.15, 0.2) is 0 Å². The summed E-state index contributed by atoms with van der Waals surface area (Å²) < 4.78 is 1.37. The van der Waals surface area contributed by atoms with Gasteiger partial charge in [-0.2, -0.15) is 0 Å². The highest BCUT2D eigenvalue weighted by atomic mass is 127. The van der Waals surface area contributed by atoms with Crippen molar-refractivity contribution in [2.45, 2.75) is 122 Å². The van der Waals surface area contributed by atoms with Crippen LogP contribution in [0.3, 0.4) is 0 Å². The van der Waals surface area contributed by atoms with Gasteiger partial charge in [0.1, 0.15) is 0 Å². The van der Waals surface area contributed by atoms with Gasteiger partial charge < -0.3 is 28.5 Å². The molecule has 1 nitrogen and oxygen atoms in total. The van der Waals surface area contributed by atoms with Crippen molar-refractivity contribution in [2.24, 2.45) is 0 Å². The van der Waals surface area contributed by atoms with E-state index in [0.29, 0.717) is 0 Å². The van der Waals surface area contributed by atoms with Crippen molar-refractivity contribution in [3.05, 3.63) is 0 Å². The third kappa shape index (κ3) is 15.4. The molecule has 0 unspecified atom stereocenters. The van der Waals surface area contributed by atoms with Crippen molar-refractivity contribution in [3.63, 3.8) is 0 Å².